The number of aromatic nitrogens is 2. The van der Waals surface area contributed by atoms with Gasteiger partial charge in [-0.3, -0.25) is 9.48 Å². The van der Waals surface area contributed by atoms with Gasteiger partial charge < -0.3 is 10.4 Å². The Kier molecular flexibility index (Phi) is 3.94. The lowest BCUT2D eigenvalue weighted by molar-refractivity contribution is -0.138. The Morgan fingerprint density at radius 2 is 2.31 bits per heavy atom. The number of carboxylic acid groups (broad SMARTS) is 1. The molecule has 0 aromatic carbocycles. The Balaban J connectivity index is 2.75. The summed E-state index contributed by atoms with van der Waals surface area (Å²) in [5, 5.41) is 15.0. The van der Waals surface area contributed by atoms with Crippen LogP contribution in [0.15, 0.2) is 6.07 Å². The lowest BCUT2D eigenvalue weighted by atomic mass is 10.3. The molecule has 0 aliphatic rings. The monoisotopic (exact) mass is 243 g/mol. The first-order chi connectivity index (χ1) is 7.45. The number of nitrogens with zero attached hydrogens (tertiary/aromatic N) is 2. The van der Waals surface area contributed by atoms with Crippen LogP contribution in [-0.4, -0.2) is 38.6 Å². The largest absolute Gasteiger partial charge is 0.480 e. The van der Waals surface area contributed by atoms with Gasteiger partial charge in [-0.2, -0.15) is 17.7 Å². The van der Waals surface area contributed by atoms with Crippen molar-refractivity contribution < 1.29 is 14.7 Å². The van der Waals surface area contributed by atoms with Gasteiger partial charge in [-0.15, -0.1) is 0 Å². The van der Waals surface area contributed by atoms with Gasteiger partial charge in [-0.1, -0.05) is 0 Å². The summed E-state index contributed by atoms with van der Waals surface area (Å²) in [5.74, 6) is -1.59. The van der Waals surface area contributed by atoms with Crippen molar-refractivity contribution in [3.05, 3.63) is 17.5 Å². The average molecular weight is 243 g/mol. The molecule has 0 aliphatic heterocycles. The summed E-state index contributed by atoms with van der Waals surface area (Å²) in [7, 11) is 1.71. The maximum absolute atomic E-state index is 11.6. The molecule has 0 unspecified atom stereocenters. The van der Waals surface area contributed by atoms with Crippen LogP contribution >= 0.6 is 12.6 Å². The third-order valence-corrected chi connectivity index (χ3v) is 2.50. The SMILES string of the molecule is Cc1cc(C(=O)N[C@@H](CS)C(=O)O)nn1C. The summed E-state index contributed by atoms with van der Waals surface area (Å²) in [6.07, 6.45) is 0. The van der Waals surface area contributed by atoms with Crippen molar-refractivity contribution in [1.29, 1.82) is 0 Å². The number of amides is 1. The van der Waals surface area contributed by atoms with E-state index in [4.69, 9.17) is 5.11 Å². The van der Waals surface area contributed by atoms with E-state index in [9.17, 15) is 9.59 Å². The van der Waals surface area contributed by atoms with Crippen LogP contribution in [0.4, 0.5) is 0 Å². The normalized spacial score (nSPS) is 12.2. The Morgan fingerprint density at radius 3 is 2.69 bits per heavy atom. The fourth-order valence-corrected chi connectivity index (χ4v) is 1.34. The number of hydrogen-bond acceptors (Lipinski definition) is 4. The molecular formula is C9H13N3O3S. The van der Waals surface area contributed by atoms with E-state index in [0.29, 0.717) is 0 Å². The molecule has 1 amide bonds. The lowest BCUT2D eigenvalue weighted by Gasteiger charge is -2.09. The molecular weight excluding hydrogens is 230 g/mol. The average Bonchev–Trinajstić information content (AvgIpc) is 2.55. The van der Waals surface area contributed by atoms with Gasteiger partial charge >= 0.3 is 5.97 Å². The summed E-state index contributed by atoms with van der Waals surface area (Å²) < 4.78 is 1.55. The third-order valence-electron chi connectivity index (χ3n) is 2.13. The van der Waals surface area contributed by atoms with E-state index in [1.165, 1.54) is 0 Å². The molecule has 1 aromatic rings. The highest BCUT2D eigenvalue weighted by molar-refractivity contribution is 7.80. The Hall–Kier alpha value is -1.50. The maximum Gasteiger partial charge on any atom is 0.327 e. The highest BCUT2D eigenvalue weighted by Gasteiger charge is 2.20. The molecule has 0 saturated heterocycles. The molecule has 2 N–H and O–H groups in total. The van der Waals surface area contributed by atoms with Crippen LogP contribution in [0.3, 0.4) is 0 Å². The molecule has 0 aliphatic carbocycles. The second kappa shape index (κ2) is 5.02. The Labute approximate surface area is 98.1 Å². The van der Waals surface area contributed by atoms with Crippen LogP contribution < -0.4 is 5.32 Å². The Morgan fingerprint density at radius 1 is 1.69 bits per heavy atom. The number of thiol groups is 1. The standard InChI is InChI=1S/C9H13N3O3S/c1-5-3-6(11-12(5)2)8(13)10-7(4-16)9(14)15/h3,7,16H,4H2,1-2H3,(H,10,13)(H,14,15)/t7-/m0/s1. The fourth-order valence-electron chi connectivity index (χ4n) is 1.09. The van der Waals surface area contributed by atoms with Crippen LogP contribution in [0.1, 0.15) is 16.2 Å². The van der Waals surface area contributed by atoms with Gasteiger partial charge in [0, 0.05) is 18.5 Å². The molecule has 6 nitrogen and oxygen atoms in total. The molecule has 88 valence electrons. The van der Waals surface area contributed by atoms with Gasteiger partial charge in [0.25, 0.3) is 5.91 Å². The second-order valence-electron chi connectivity index (χ2n) is 3.34. The molecule has 7 heteroatoms. The molecule has 1 atom stereocenters. The zero-order valence-electron chi connectivity index (χ0n) is 8.97. The highest BCUT2D eigenvalue weighted by Crippen LogP contribution is 2.01. The van der Waals surface area contributed by atoms with E-state index < -0.39 is 17.9 Å². The van der Waals surface area contributed by atoms with Gasteiger partial charge in [-0.25, -0.2) is 4.79 Å². The zero-order chi connectivity index (χ0) is 12.3. The van der Waals surface area contributed by atoms with E-state index in [0.717, 1.165) is 5.69 Å². The van der Waals surface area contributed by atoms with Gasteiger partial charge in [0.05, 0.1) is 0 Å². The van der Waals surface area contributed by atoms with E-state index in [2.05, 4.69) is 23.0 Å². The molecule has 1 heterocycles. The first-order valence-corrected chi connectivity index (χ1v) is 5.24. The number of carbonyl (C=O) groups excluding carboxylic acids is 1. The zero-order valence-corrected chi connectivity index (χ0v) is 9.86. The van der Waals surface area contributed by atoms with Crippen LogP contribution in [0.2, 0.25) is 0 Å². The van der Waals surface area contributed by atoms with Crippen LogP contribution in [0, 0.1) is 6.92 Å². The van der Waals surface area contributed by atoms with Crippen LogP contribution in [-0.2, 0) is 11.8 Å². The number of nitrogens with one attached hydrogen (secondary N) is 1. The summed E-state index contributed by atoms with van der Waals surface area (Å²) >= 11 is 3.85. The molecule has 0 spiro atoms. The first-order valence-electron chi connectivity index (χ1n) is 4.61. The van der Waals surface area contributed by atoms with Crippen molar-refractivity contribution in [2.24, 2.45) is 7.05 Å². The molecule has 0 saturated carbocycles. The molecule has 1 aromatic heterocycles. The number of rotatable bonds is 4. The number of carboxylic acids is 1. The van der Waals surface area contributed by atoms with Gasteiger partial charge in [0.15, 0.2) is 0 Å². The molecule has 0 fully saturated rings. The van der Waals surface area contributed by atoms with E-state index in [1.807, 2.05) is 0 Å². The van der Waals surface area contributed by atoms with Gasteiger partial charge in [0.1, 0.15) is 11.7 Å². The fraction of sp³-hybridized carbons (Fsp3) is 0.444. The van der Waals surface area contributed by atoms with Crippen molar-refractivity contribution in [2.75, 3.05) is 5.75 Å². The highest BCUT2D eigenvalue weighted by atomic mass is 32.1. The molecule has 1 rings (SSSR count). The predicted octanol–water partition coefficient (Wildman–Crippen LogP) is -0.159. The van der Waals surface area contributed by atoms with Crippen molar-refractivity contribution >= 4 is 24.5 Å². The van der Waals surface area contributed by atoms with Crippen LogP contribution in [0.5, 0.6) is 0 Å². The molecule has 0 radical (unpaired) electrons. The molecule has 0 bridgehead atoms. The smallest absolute Gasteiger partial charge is 0.327 e. The van der Waals surface area contributed by atoms with Gasteiger partial charge in [-0.05, 0) is 13.0 Å². The molecule has 16 heavy (non-hydrogen) atoms. The maximum atomic E-state index is 11.6. The topological polar surface area (TPSA) is 84.2 Å². The van der Waals surface area contributed by atoms with Crippen LogP contribution in [0.25, 0.3) is 0 Å². The second-order valence-corrected chi connectivity index (χ2v) is 3.71. The first kappa shape index (κ1) is 12.6. The number of aliphatic carboxylic acids is 1. The van der Waals surface area contributed by atoms with Crippen molar-refractivity contribution in [3.63, 3.8) is 0 Å². The summed E-state index contributed by atoms with van der Waals surface area (Å²) in [6, 6.07) is 0.588. The van der Waals surface area contributed by atoms with E-state index in [-0.39, 0.29) is 11.4 Å². The van der Waals surface area contributed by atoms with Crippen molar-refractivity contribution in [3.8, 4) is 0 Å². The predicted molar refractivity (Wildman–Crippen MR) is 60.7 cm³/mol. The summed E-state index contributed by atoms with van der Waals surface area (Å²) in [5.41, 5.74) is 1.02. The van der Waals surface area contributed by atoms with Crippen molar-refractivity contribution in [2.45, 2.75) is 13.0 Å². The van der Waals surface area contributed by atoms with Gasteiger partial charge in [0.2, 0.25) is 0 Å². The Bertz CT molecular complexity index is 397. The third kappa shape index (κ3) is 2.75. The minimum Gasteiger partial charge on any atom is -0.480 e. The summed E-state index contributed by atoms with van der Waals surface area (Å²) in [6.45, 7) is 1.80. The quantitative estimate of drug-likeness (QED) is 0.642. The lowest BCUT2D eigenvalue weighted by Crippen LogP contribution is -2.42. The number of carbonyl (C=O) groups is 2. The minimum atomic E-state index is -1.11. The summed E-state index contributed by atoms with van der Waals surface area (Å²) in [4.78, 5) is 22.3. The number of hydrogen-bond donors (Lipinski definition) is 3. The minimum absolute atomic E-state index is 0.0346. The van der Waals surface area contributed by atoms with Crippen molar-refractivity contribution in [1.82, 2.24) is 15.1 Å². The number of aryl methyl sites for hydroxylation is 2. The van der Waals surface area contributed by atoms with E-state index >= 15 is 0 Å². The van der Waals surface area contributed by atoms with E-state index in [1.54, 1.807) is 24.7 Å².